The second-order valence-electron chi connectivity index (χ2n) is 7.51. The SMILES string of the molecule is N#Cc1ccc2c(c1)C1CCCN(C(=O)c3ccc4nc[nH]c4c3)C1CC2.[HH]. The normalized spacial score (nSPS) is 21.4. The fourth-order valence-electron chi connectivity index (χ4n) is 4.80. The number of aryl methyl sites for hydroxylation is 1. The van der Waals surface area contributed by atoms with E-state index in [2.05, 4.69) is 27.0 Å². The van der Waals surface area contributed by atoms with E-state index in [0.717, 1.165) is 43.3 Å². The Kier molecular flexibility index (Phi) is 3.71. The zero-order chi connectivity index (χ0) is 18.4. The lowest BCUT2D eigenvalue weighted by atomic mass is 9.73. The predicted molar refractivity (Wildman–Crippen MR) is 104 cm³/mol. The van der Waals surface area contributed by atoms with Crippen LogP contribution in [0.3, 0.4) is 0 Å². The minimum Gasteiger partial charge on any atom is -0.345 e. The van der Waals surface area contributed by atoms with Crippen molar-refractivity contribution in [2.75, 3.05) is 6.54 Å². The summed E-state index contributed by atoms with van der Waals surface area (Å²) in [6, 6.07) is 14.2. The van der Waals surface area contributed by atoms with Gasteiger partial charge in [-0.2, -0.15) is 5.26 Å². The van der Waals surface area contributed by atoms with E-state index in [0.29, 0.717) is 17.0 Å². The highest BCUT2D eigenvalue weighted by atomic mass is 16.2. The molecule has 2 aromatic carbocycles. The Hall–Kier alpha value is -3.13. The minimum absolute atomic E-state index is 0. The second-order valence-corrected chi connectivity index (χ2v) is 7.51. The van der Waals surface area contributed by atoms with Gasteiger partial charge >= 0.3 is 0 Å². The third-order valence-electron chi connectivity index (χ3n) is 6.09. The number of amides is 1. The van der Waals surface area contributed by atoms with Crippen molar-refractivity contribution in [3.63, 3.8) is 0 Å². The minimum atomic E-state index is 0. The van der Waals surface area contributed by atoms with Crippen molar-refractivity contribution < 1.29 is 6.22 Å². The number of benzene rings is 2. The number of nitrogens with zero attached hydrogens (tertiary/aromatic N) is 3. The molecule has 136 valence electrons. The number of likely N-dealkylation sites (tertiary alicyclic amines) is 1. The van der Waals surface area contributed by atoms with Crippen molar-refractivity contribution in [3.8, 4) is 6.07 Å². The number of nitrogens with one attached hydrogen (secondary N) is 1. The van der Waals surface area contributed by atoms with Gasteiger partial charge in [-0.05, 0) is 67.1 Å². The van der Waals surface area contributed by atoms with Gasteiger partial charge in [0.15, 0.2) is 0 Å². The summed E-state index contributed by atoms with van der Waals surface area (Å²) in [5.74, 6) is 0.428. The van der Waals surface area contributed by atoms with Crippen molar-refractivity contribution in [3.05, 3.63) is 65.0 Å². The van der Waals surface area contributed by atoms with Crippen LogP contribution < -0.4 is 0 Å². The van der Waals surface area contributed by atoms with E-state index < -0.39 is 0 Å². The second kappa shape index (κ2) is 6.24. The van der Waals surface area contributed by atoms with E-state index in [9.17, 15) is 10.1 Å². The molecular formula is C22H22N4O. The zero-order valence-corrected chi connectivity index (χ0v) is 15.0. The van der Waals surface area contributed by atoms with Gasteiger partial charge in [0.05, 0.1) is 29.0 Å². The van der Waals surface area contributed by atoms with Gasteiger partial charge in [-0.1, -0.05) is 6.07 Å². The fraction of sp³-hybridized carbons (Fsp3) is 0.318. The van der Waals surface area contributed by atoms with E-state index >= 15 is 0 Å². The van der Waals surface area contributed by atoms with E-state index in [1.807, 2.05) is 30.3 Å². The number of nitriles is 1. The van der Waals surface area contributed by atoms with E-state index in [1.54, 1.807) is 6.33 Å². The smallest absolute Gasteiger partial charge is 0.254 e. The molecule has 2 unspecified atom stereocenters. The maximum atomic E-state index is 13.3. The molecule has 0 radical (unpaired) electrons. The van der Waals surface area contributed by atoms with Crippen LogP contribution in [0.4, 0.5) is 0 Å². The number of aromatic nitrogens is 2. The van der Waals surface area contributed by atoms with Gasteiger partial charge in [0, 0.05) is 25.5 Å². The molecule has 0 saturated carbocycles. The molecule has 5 heteroatoms. The topological polar surface area (TPSA) is 72.8 Å². The number of hydrogen-bond donors (Lipinski definition) is 1. The molecule has 3 aromatic rings. The lowest BCUT2D eigenvalue weighted by Gasteiger charge is -2.45. The molecule has 0 spiro atoms. The van der Waals surface area contributed by atoms with Crippen LogP contribution in [0.5, 0.6) is 0 Å². The summed E-state index contributed by atoms with van der Waals surface area (Å²) in [5.41, 5.74) is 5.79. The fourth-order valence-corrected chi connectivity index (χ4v) is 4.80. The van der Waals surface area contributed by atoms with Gasteiger partial charge in [0.1, 0.15) is 0 Å². The molecule has 1 aliphatic carbocycles. The first-order valence-electron chi connectivity index (χ1n) is 9.51. The number of carbonyl (C=O) groups excluding carboxylic acids is 1. The van der Waals surface area contributed by atoms with Crippen LogP contribution in [-0.4, -0.2) is 33.4 Å². The average molecular weight is 358 g/mol. The van der Waals surface area contributed by atoms with Crippen LogP contribution in [0.15, 0.2) is 42.7 Å². The van der Waals surface area contributed by atoms with Crippen molar-refractivity contribution in [2.24, 2.45) is 0 Å². The zero-order valence-electron chi connectivity index (χ0n) is 15.0. The van der Waals surface area contributed by atoms with Crippen molar-refractivity contribution >= 4 is 16.9 Å². The number of rotatable bonds is 1. The highest BCUT2D eigenvalue weighted by molar-refractivity contribution is 5.97. The lowest BCUT2D eigenvalue weighted by molar-refractivity contribution is 0.0547. The third-order valence-corrected chi connectivity index (χ3v) is 6.09. The summed E-state index contributed by atoms with van der Waals surface area (Å²) in [4.78, 5) is 22.7. The van der Waals surface area contributed by atoms with Gasteiger partial charge in [0.2, 0.25) is 0 Å². The summed E-state index contributed by atoms with van der Waals surface area (Å²) in [5, 5.41) is 9.27. The molecule has 1 saturated heterocycles. The molecule has 2 heterocycles. The Balaban J connectivity index is 0.00000192. The maximum absolute atomic E-state index is 13.3. The van der Waals surface area contributed by atoms with Gasteiger partial charge in [-0.25, -0.2) is 4.98 Å². The van der Waals surface area contributed by atoms with Crippen LogP contribution in [0.25, 0.3) is 11.0 Å². The lowest BCUT2D eigenvalue weighted by Crippen LogP contribution is -2.49. The Labute approximate surface area is 159 Å². The number of carbonyl (C=O) groups is 1. The Morgan fingerprint density at radius 2 is 2.19 bits per heavy atom. The first kappa shape index (κ1) is 16.1. The monoisotopic (exact) mass is 358 g/mol. The highest BCUT2D eigenvalue weighted by Crippen LogP contribution is 2.41. The molecule has 2 aliphatic rings. The summed E-state index contributed by atoms with van der Waals surface area (Å²) in [6.07, 6.45) is 5.68. The molecule has 1 fully saturated rings. The molecule has 1 aliphatic heterocycles. The van der Waals surface area contributed by atoms with E-state index in [1.165, 1.54) is 11.1 Å². The van der Waals surface area contributed by atoms with Gasteiger partial charge in [-0.15, -0.1) is 0 Å². The van der Waals surface area contributed by atoms with Crippen LogP contribution in [0.1, 0.15) is 53.7 Å². The van der Waals surface area contributed by atoms with Crippen molar-refractivity contribution in [1.29, 1.82) is 5.26 Å². The van der Waals surface area contributed by atoms with Crippen LogP contribution >= 0.6 is 0 Å². The molecule has 0 bridgehead atoms. The molecule has 5 rings (SSSR count). The summed E-state index contributed by atoms with van der Waals surface area (Å²) in [7, 11) is 0. The van der Waals surface area contributed by atoms with Gasteiger partial charge in [-0.3, -0.25) is 4.79 Å². The summed E-state index contributed by atoms with van der Waals surface area (Å²) >= 11 is 0. The molecule has 5 nitrogen and oxygen atoms in total. The average Bonchev–Trinajstić information content (AvgIpc) is 3.20. The quantitative estimate of drug-likeness (QED) is 0.714. The maximum Gasteiger partial charge on any atom is 0.254 e. The van der Waals surface area contributed by atoms with E-state index in [4.69, 9.17) is 0 Å². The number of aromatic amines is 1. The van der Waals surface area contributed by atoms with Gasteiger partial charge < -0.3 is 9.88 Å². The number of imidazole rings is 1. The number of hydrogen-bond acceptors (Lipinski definition) is 3. The first-order chi connectivity index (χ1) is 13.2. The highest BCUT2D eigenvalue weighted by Gasteiger charge is 2.38. The Morgan fingerprint density at radius 1 is 1.26 bits per heavy atom. The standard InChI is InChI=1S/C22H20N4O.H2/c23-12-14-3-4-15-6-8-21-17(18(15)10-14)2-1-9-26(21)22(27)16-5-7-19-20(11-16)25-13-24-19;/h3-5,7,10-11,13,17,21H,1-2,6,8-9H2,(H,24,25);1H. The molecule has 1 N–H and O–H groups in total. The molecule has 27 heavy (non-hydrogen) atoms. The molecule has 1 amide bonds. The Bertz CT molecular complexity index is 1080. The Morgan fingerprint density at radius 3 is 3.07 bits per heavy atom. The number of piperidine rings is 1. The molecular weight excluding hydrogens is 336 g/mol. The first-order valence-corrected chi connectivity index (χ1v) is 9.51. The van der Waals surface area contributed by atoms with Crippen molar-refractivity contribution in [1.82, 2.24) is 14.9 Å². The number of fused-ring (bicyclic) bond motifs is 4. The molecule has 2 atom stereocenters. The summed E-state index contributed by atoms with van der Waals surface area (Å²) in [6.45, 7) is 0.800. The van der Waals surface area contributed by atoms with E-state index in [-0.39, 0.29) is 13.4 Å². The van der Waals surface area contributed by atoms with Crippen LogP contribution in [0.2, 0.25) is 0 Å². The largest absolute Gasteiger partial charge is 0.345 e. The number of H-pyrrole nitrogens is 1. The predicted octanol–water partition coefficient (Wildman–Crippen LogP) is 4.02. The van der Waals surface area contributed by atoms with Gasteiger partial charge in [0.25, 0.3) is 5.91 Å². The third kappa shape index (κ3) is 2.60. The molecule has 1 aromatic heterocycles. The van der Waals surface area contributed by atoms with Crippen LogP contribution in [-0.2, 0) is 6.42 Å². The van der Waals surface area contributed by atoms with Crippen LogP contribution in [0, 0.1) is 11.3 Å². The summed E-state index contributed by atoms with van der Waals surface area (Å²) < 4.78 is 0. The van der Waals surface area contributed by atoms with Crippen molar-refractivity contribution in [2.45, 2.75) is 37.6 Å².